The van der Waals surface area contributed by atoms with Crippen LogP contribution in [0.4, 0.5) is 15.9 Å². The van der Waals surface area contributed by atoms with Crippen molar-refractivity contribution >= 4 is 17.4 Å². The highest BCUT2D eigenvalue weighted by atomic mass is 19.1. The second-order valence-electron chi connectivity index (χ2n) is 6.86. The SMILES string of the molecule is O=C(c1ccc(NCc2ccccn2)nc1)N1CCN(c2ccc(F)cc2)CC1. The van der Waals surface area contributed by atoms with E-state index in [1.54, 1.807) is 30.6 Å². The fourth-order valence-corrected chi connectivity index (χ4v) is 3.31. The van der Waals surface area contributed by atoms with E-state index in [4.69, 9.17) is 0 Å². The highest BCUT2D eigenvalue weighted by Gasteiger charge is 2.22. The summed E-state index contributed by atoms with van der Waals surface area (Å²) in [7, 11) is 0. The molecule has 7 heteroatoms. The van der Waals surface area contributed by atoms with E-state index in [1.165, 1.54) is 12.1 Å². The molecule has 1 aliphatic heterocycles. The molecule has 1 fully saturated rings. The molecule has 0 spiro atoms. The second-order valence-corrected chi connectivity index (χ2v) is 6.86. The fourth-order valence-electron chi connectivity index (χ4n) is 3.31. The maximum Gasteiger partial charge on any atom is 0.255 e. The first-order valence-corrected chi connectivity index (χ1v) is 9.59. The van der Waals surface area contributed by atoms with Crippen LogP contribution in [0.5, 0.6) is 0 Å². The maximum atomic E-state index is 13.1. The molecule has 1 amide bonds. The Balaban J connectivity index is 1.31. The molecule has 4 rings (SSSR count). The molecule has 0 radical (unpaired) electrons. The van der Waals surface area contributed by atoms with Crippen molar-refractivity contribution in [2.75, 3.05) is 36.4 Å². The number of pyridine rings is 2. The fraction of sp³-hybridized carbons (Fsp3) is 0.227. The molecular weight excluding hydrogens is 369 g/mol. The van der Waals surface area contributed by atoms with Crippen LogP contribution >= 0.6 is 0 Å². The summed E-state index contributed by atoms with van der Waals surface area (Å²) in [6, 6.07) is 15.8. The summed E-state index contributed by atoms with van der Waals surface area (Å²) < 4.78 is 13.1. The summed E-state index contributed by atoms with van der Waals surface area (Å²) in [5, 5.41) is 3.20. The summed E-state index contributed by atoms with van der Waals surface area (Å²) in [6.07, 6.45) is 3.36. The number of amides is 1. The number of hydrogen-bond donors (Lipinski definition) is 1. The molecule has 3 aromatic rings. The zero-order chi connectivity index (χ0) is 20.1. The molecule has 0 atom stereocenters. The van der Waals surface area contributed by atoms with Gasteiger partial charge >= 0.3 is 0 Å². The van der Waals surface area contributed by atoms with Gasteiger partial charge in [-0.25, -0.2) is 9.37 Å². The van der Waals surface area contributed by atoms with Crippen LogP contribution in [0.1, 0.15) is 16.1 Å². The van der Waals surface area contributed by atoms with E-state index >= 15 is 0 Å². The van der Waals surface area contributed by atoms with Gasteiger partial charge in [-0.05, 0) is 48.5 Å². The average molecular weight is 391 g/mol. The lowest BCUT2D eigenvalue weighted by molar-refractivity contribution is 0.0746. The van der Waals surface area contributed by atoms with E-state index in [0.29, 0.717) is 44.1 Å². The minimum atomic E-state index is -0.243. The number of anilines is 2. The van der Waals surface area contributed by atoms with Gasteiger partial charge in [0.25, 0.3) is 5.91 Å². The van der Waals surface area contributed by atoms with Crippen LogP contribution in [0.15, 0.2) is 67.0 Å². The number of carbonyl (C=O) groups is 1. The molecule has 1 aliphatic rings. The second kappa shape index (κ2) is 8.68. The summed E-state index contributed by atoms with van der Waals surface area (Å²) >= 11 is 0. The van der Waals surface area contributed by atoms with Gasteiger partial charge in [-0.2, -0.15) is 0 Å². The lowest BCUT2D eigenvalue weighted by Gasteiger charge is -2.36. The van der Waals surface area contributed by atoms with Gasteiger partial charge < -0.3 is 15.1 Å². The maximum absolute atomic E-state index is 13.1. The number of nitrogens with one attached hydrogen (secondary N) is 1. The number of halogens is 1. The first kappa shape index (κ1) is 18.9. The zero-order valence-electron chi connectivity index (χ0n) is 16.0. The standard InChI is InChI=1S/C22H22FN5O/c23-18-5-7-20(8-6-18)27-11-13-28(14-12-27)22(29)17-4-9-21(25-15-17)26-16-19-3-1-2-10-24-19/h1-10,15H,11-14,16H2,(H,25,26). The lowest BCUT2D eigenvalue weighted by Crippen LogP contribution is -2.48. The Morgan fingerprint density at radius 1 is 0.966 bits per heavy atom. The molecule has 29 heavy (non-hydrogen) atoms. The van der Waals surface area contributed by atoms with Gasteiger partial charge in [0.1, 0.15) is 11.6 Å². The van der Waals surface area contributed by atoms with Crippen LogP contribution in [-0.4, -0.2) is 47.0 Å². The van der Waals surface area contributed by atoms with Crippen LogP contribution in [0.3, 0.4) is 0 Å². The van der Waals surface area contributed by atoms with Gasteiger partial charge in [0, 0.05) is 44.3 Å². The van der Waals surface area contributed by atoms with Crippen molar-refractivity contribution in [2.24, 2.45) is 0 Å². The largest absolute Gasteiger partial charge is 0.368 e. The van der Waals surface area contributed by atoms with Crippen LogP contribution in [0, 0.1) is 5.82 Å². The van der Waals surface area contributed by atoms with Gasteiger partial charge in [0.05, 0.1) is 17.8 Å². The van der Waals surface area contributed by atoms with Gasteiger partial charge in [-0.1, -0.05) is 6.07 Å². The number of nitrogens with zero attached hydrogens (tertiary/aromatic N) is 4. The highest BCUT2D eigenvalue weighted by molar-refractivity contribution is 5.94. The van der Waals surface area contributed by atoms with E-state index < -0.39 is 0 Å². The minimum absolute atomic E-state index is 0.0208. The third-order valence-corrected chi connectivity index (χ3v) is 4.95. The number of benzene rings is 1. The molecule has 1 N–H and O–H groups in total. The molecule has 0 unspecified atom stereocenters. The van der Waals surface area contributed by atoms with Crippen molar-refractivity contribution in [3.8, 4) is 0 Å². The third-order valence-electron chi connectivity index (χ3n) is 4.95. The van der Waals surface area contributed by atoms with Crippen molar-refractivity contribution in [1.29, 1.82) is 0 Å². The van der Waals surface area contributed by atoms with Crippen molar-refractivity contribution in [2.45, 2.75) is 6.54 Å². The number of rotatable bonds is 5. The van der Waals surface area contributed by atoms with Crippen LogP contribution < -0.4 is 10.2 Å². The number of piperazine rings is 1. The van der Waals surface area contributed by atoms with E-state index in [9.17, 15) is 9.18 Å². The Labute approximate surface area is 169 Å². The summed E-state index contributed by atoms with van der Waals surface area (Å²) in [4.78, 5) is 25.4. The Morgan fingerprint density at radius 3 is 2.41 bits per heavy atom. The van der Waals surface area contributed by atoms with Crippen molar-refractivity contribution in [3.63, 3.8) is 0 Å². The van der Waals surface area contributed by atoms with Gasteiger partial charge in [0.15, 0.2) is 0 Å². The average Bonchev–Trinajstić information content (AvgIpc) is 2.79. The summed E-state index contributed by atoms with van der Waals surface area (Å²) in [6.45, 7) is 3.25. The molecule has 1 saturated heterocycles. The molecule has 0 bridgehead atoms. The molecular formula is C22H22FN5O. The van der Waals surface area contributed by atoms with E-state index in [2.05, 4.69) is 20.2 Å². The monoisotopic (exact) mass is 391 g/mol. The van der Waals surface area contributed by atoms with Crippen molar-refractivity contribution < 1.29 is 9.18 Å². The highest BCUT2D eigenvalue weighted by Crippen LogP contribution is 2.18. The number of hydrogen-bond acceptors (Lipinski definition) is 5. The first-order valence-electron chi connectivity index (χ1n) is 9.59. The quantitative estimate of drug-likeness (QED) is 0.724. The van der Waals surface area contributed by atoms with Crippen LogP contribution in [0.25, 0.3) is 0 Å². The predicted molar refractivity (Wildman–Crippen MR) is 110 cm³/mol. The van der Waals surface area contributed by atoms with Gasteiger partial charge in [-0.15, -0.1) is 0 Å². The molecule has 0 aliphatic carbocycles. The normalized spacial score (nSPS) is 14.0. The molecule has 3 heterocycles. The molecule has 6 nitrogen and oxygen atoms in total. The predicted octanol–water partition coefficient (Wildman–Crippen LogP) is 3.19. The van der Waals surface area contributed by atoms with E-state index in [-0.39, 0.29) is 11.7 Å². The van der Waals surface area contributed by atoms with E-state index in [1.807, 2.05) is 29.2 Å². The third kappa shape index (κ3) is 4.68. The van der Waals surface area contributed by atoms with Crippen molar-refractivity contribution in [1.82, 2.24) is 14.9 Å². The Kier molecular flexibility index (Phi) is 5.65. The molecule has 0 saturated carbocycles. The first-order chi connectivity index (χ1) is 14.2. The smallest absolute Gasteiger partial charge is 0.255 e. The van der Waals surface area contributed by atoms with Gasteiger partial charge in [0.2, 0.25) is 0 Å². The molecule has 1 aromatic carbocycles. The lowest BCUT2D eigenvalue weighted by atomic mass is 10.2. The number of carbonyl (C=O) groups excluding carboxylic acids is 1. The minimum Gasteiger partial charge on any atom is -0.368 e. The Morgan fingerprint density at radius 2 is 1.76 bits per heavy atom. The van der Waals surface area contributed by atoms with Crippen LogP contribution in [0.2, 0.25) is 0 Å². The van der Waals surface area contributed by atoms with Crippen LogP contribution in [-0.2, 0) is 6.54 Å². The zero-order valence-corrected chi connectivity index (χ0v) is 16.0. The topological polar surface area (TPSA) is 61.4 Å². The Bertz CT molecular complexity index is 939. The number of aromatic nitrogens is 2. The molecule has 2 aromatic heterocycles. The summed E-state index contributed by atoms with van der Waals surface area (Å²) in [5.74, 6) is 0.439. The Hall–Kier alpha value is -3.48. The summed E-state index contributed by atoms with van der Waals surface area (Å²) in [5.41, 5.74) is 2.47. The van der Waals surface area contributed by atoms with Gasteiger partial charge in [-0.3, -0.25) is 9.78 Å². The molecule has 148 valence electrons. The van der Waals surface area contributed by atoms with E-state index in [0.717, 1.165) is 11.4 Å². The van der Waals surface area contributed by atoms with Crippen molar-refractivity contribution in [3.05, 3.63) is 84.1 Å².